The number of fused-ring (bicyclic) bond motifs is 2. The smallest absolute Gasteiger partial charge is 0.0746 e. The van der Waals surface area contributed by atoms with E-state index in [0.29, 0.717) is 0 Å². The van der Waals surface area contributed by atoms with E-state index in [-0.39, 0.29) is 0 Å². The second kappa shape index (κ2) is 6.00. The van der Waals surface area contributed by atoms with Crippen molar-refractivity contribution in [1.29, 1.82) is 0 Å². The zero-order valence-electron chi connectivity index (χ0n) is 12.6. The summed E-state index contributed by atoms with van der Waals surface area (Å²) in [6.45, 7) is 8.22. The van der Waals surface area contributed by atoms with Crippen molar-refractivity contribution in [3.05, 3.63) is 56.2 Å². The van der Waals surface area contributed by atoms with Gasteiger partial charge in [-0.15, -0.1) is 11.3 Å². The number of nitrogens with zero attached hydrogens (tertiary/aromatic N) is 2. The molecule has 3 nitrogen and oxygen atoms in total. The maximum absolute atomic E-state index is 6.36. The van der Waals surface area contributed by atoms with E-state index in [1.54, 1.807) is 11.3 Å². The first-order valence-electron chi connectivity index (χ1n) is 7.45. The summed E-state index contributed by atoms with van der Waals surface area (Å²) >= 11 is 1.73. The molecule has 0 atom stereocenters. The van der Waals surface area contributed by atoms with Crippen molar-refractivity contribution in [3.8, 4) is 0 Å². The highest BCUT2D eigenvalue weighted by molar-refractivity contribution is 7.10. The van der Waals surface area contributed by atoms with Gasteiger partial charge in [0.1, 0.15) is 0 Å². The minimum absolute atomic E-state index is 0.732. The Hall–Kier alpha value is -1.65. The van der Waals surface area contributed by atoms with Gasteiger partial charge in [-0.3, -0.25) is 9.89 Å². The number of hydrogen-bond acceptors (Lipinski definition) is 4. The summed E-state index contributed by atoms with van der Waals surface area (Å²) in [4.78, 5) is 8.42. The van der Waals surface area contributed by atoms with E-state index in [1.807, 2.05) is 0 Å². The average molecular weight is 299 g/mol. The van der Waals surface area contributed by atoms with Crippen LogP contribution in [0.5, 0.6) is 0 Å². The molecule has 0 fully saturated rings. The molecule has 1 aromatic carbocycles. The van der Waals surface area contributed by atoms with Gasteiger partial charge in [0.25, 0.3) is 0 Å². The molecule has 2 aromatic rings. The molecule has 1 aromatic heterocycles. The van der Waals surface area contributed by atoms with Crippen LogP contribution in [0, 0.1) is 0 Å². The molecular formula is C17H21N3S. The first-order valence-corrected chi connectivity index (χ1v) is 8.33. The van der Waals surface area contributed by atoms with Crippen LogP contribution in [0.25, 0.3) is 5.70 Å². The van der Waals surface area contributed by atoms with Crippen molar-refractivity contribution in [1.82, 2.24) is 4.90 Å². The first-order chi connectivity index (χ1) is 10.2. The average Bonchev–Trinajstić information content (AvgIpc) is 2.94. The number of rotatable bonds is 4. The topological polar surface area (TPSA) is 41.6 Å². The maximum atomic E-state index is 6.36. The monoisotopic (exact) mass is 299 g/mol. The molecular weight excluding hydrogens is 278 g/mol. The van der Waals surface area contributed by atoms with Crippen LogP contribution >= 0.6 is 11.3 Å². The molecule has 0 unspecified atom stereocenters. The Balaban J connectivity index is 2.05. The van der Waals surface area contributed by atoms with E-state index in [4.69, 9.17) is 10.7 Å². The fraction of sp³-hybridized carbons (Fsp3) is 0.353. The third kappa shape index (κ3) is 2.74. The fourth-order valence-corrected chi connectivity index (χ4v) is 3.56. The molecule has 21 heavy (non-hydrogen) atoms. The minimum atomic E-state index is 0.732. The van der Waals surface area contributed by atoms with Gasteiger partial charge in [0.2, 0.25) is 0 Å². The Bertz CT molecular complexity index is 757. The van der Waals surface area contributed by atoms with Crippen LogP contribution in [0.2, 0.25) is 0 Å². The molecule has 3 rings (SSSR count). The van der Waals surface area contributed by atoms with Gasteiger partial charge in [0, 0.05) is 27.9 Å². The first kappa shape index (κ1) is 14.3. The fourth-order valence-electron chi connectivity index (χ4n) is 2.74. The lowest BCUT2D eigenvalue weighted by atomic mass is 10.1. The Morgan fingerprint density at radius 2 is 2.05 bits per heavy atom. The van der Waals surface area contributed by atoms with Crippen LogP contribution < -0.4 is 16.3 Å². The van der Waals surface area contributed by atoms with Gasteiger partial charge < -0.3 is 5.73 Å². The van der Waals surface area contributed by atoms with Crippen LogP contribution in [-0.2, 0) is 13.1 Å². The summed E-state index contributed by atoms with van der Waals surface area (Å²) in [6, 6.07) is 8.59. The van der Waals surface area contributed by atoms with E-state index in [1.165, 1.54) is 10.4 Å². The Morgan fingerprint density at radius 1 is 1.24 bits per heavy atom. The third-order valence-electron chi connectivity index (χ3n) is 4.08. The van der Waals surface area contributed by atoms with Gasteiger partial charge in [0.05, 0.1) is 11.9 Å². The predicted molar refractivity (Wildman–Crippen MR) is 88.6 cm³/mol. The predicted octanol–water partition coefficient (Wildman–Crippen LogP) is 1.84. The number of hydrogen-bond donors (Lipinski definition) is 1. The zero-order valence-corrected chi connectivity index (χ0v) is 13.4. The molecule has 1 aliphatic heterocycles. The second-order valence-corrected chi connectivity index (χ2v) is 6.30. The maximum Gasteiger partial charge on any atom is 0.0746 e. The summed E-state index contributed by atoms with van der Waals surface area (Å²) in [5.41, 5.74) is 9.67. The molecule has 1 aliphatic rings. The van der Waals surface area contributed by atoms with E-state index in [0.717, 1.165) is 48.0 Å². The van der Waals surface area contributed by atoms with Crippen molar-refractivity contribution >= 4 is 17.0 Å². The lowest BCUT2D eigenvalue weighted by Crippen LogP contribution is -2.31. The standard InChI is InChI=1S/C17H21N3S/c1-3-20(4-2)11-12-5-6-13-15(9-12)19-10-16-14(17(13)18)7-8-21-16/h5-9H,3-4,10-11,18H2,1-2H3. The van der Waals surface area contributed by atoms with Crippen LogP contribution in [-0.4, -0.2) is 18.0 Å². The number of benzene rings is 1. The van der Waals surface area contributed by atoms with Crippen LogP contribution in [0.1, 0.15) is 29.9 Å². The van der Waals surface area contributed by atoms with Crippen LogP contribution in [0.4, 0.5) is 0 Å². The summed E-state index contributed by atoms with van der Waals surface area (Å²) in [6.07, 6.45) is 0. The summed E-state index contributed by atoms with van der Waals surface area (Å²) in [5.74, 6) is 0. The molecule has 0 saturated heterocycles. The lowest BCUT2D eigenvalue weighted by molar-refractivity contribution is 0.296. The van der Waals surface area contributed by atoms with Gasteiger partial charge in [-0.05, 0) is 36.2 Å². The summed E-state index contributed by atoms with van der Waals surface area (Å²) in [5, 5.41) is 4.18. The van der Waals surface area contributed by atoms with Crippen molar-refractivity contribution in [2.45, 2.75) is 26.9 Å². The van der Waals surface area contributed by atoms with Crippen molar-refractivity contribution in [2.24, 2.45) is 10.7 Å². The van der Waals surface area contributed by atoms with E-state index in [9.17, 15) is 0 Å². The summed E-state index contributed by atoms with van der Waals surface area (Å²) in [7, 11) is 0. The van der Waals surface area contributed by atoms with Gasteiger partial charge in [-0.2, -0.15) is 0 Å². The molecule has 0 spiro atoms. The minimum Gasteiger partial charge on any atom is -0.398 e. The summed E-state index contributed by atoms with van der Waals surface area (Å²) < 4.78 is 0. The Morgan fingerprint density at radius 3 is 2.81 bits per heavy atom. The highest BCUT2D eigenvalue weighted by Crippen LogP contribution is 2.21. The van der Waals surface area contributed by atoms with Gasteiger partial charge in [0.15, 0.2) is 0 Å². The quantitative estimate of drug-likeness (QED) is 0.936. The SMILES string of the molecule is CCN(CC)Cc1ccc2c(c1)=NCc1sccc1C=2N. The van der Waals surface area contributed by atoms with Gasteiger partial charge in [-0.25, -0.2) is 0 Å². The molecule has 0 radical (unpaired) electrons. The lowest BCUT2D eigenvalue weighted by Gasteiger charge is -2.17. The third-order valence-corrected chi connectivity index (χ3v) is 4.99. The van der Waals surface area contributed by atoms with E-state index >= 15 is 0 Å². The molecule has 4 heteroatoms. The Kier molecular flexibility index (Phi) is 4.08. The highest BCUT2D eigenvalue weighted by Gasteiger charge is 2.11. The largest absolute Gasteiger partial charge is 0.398 e. The highest BCUT2D eigenvalue weighted by atomic mass is 32.1. The molecule has 2 heterocycles. The second-order valence-electron chi connectivity index (χ2n) is 5.30. The van der Waals surface area contributed by atoms with Crippen molar-refractivity contribution in [3.63, 3.8) is 0 Å². The molecule has 0 aliphatic carbocycles. The van der Waals surface area contributed by atoms with E-state index in [2.05, 4.69) is 48.4 Å². The van der Waals surface area contributed by atoms with E-state index < -0.39 is 0 Å². The van der Waals surface area contributed by atoms with Gasteiger partial charge >= 0.3 is 0 Å². The van der Waals surface area contributed by atoms with Crippen molar-refractivity contribution in [2.75, 3.05) is 13.1 Å². The Labute approximate surface area is 129 Å². The van der Waals surface area contributed by atoms with Crippen LogP contribution in [0.3, 0.4) is 0 Å². The van der Waals surface area contributed by atoms with Crippen molar-refractivity contribution < 1.29 is 0 Å². The molecule has 0 saturated carbocycles. The normalized spacial score (nSPS) is 13.6. The molecule has 0 bridgehead atoms. The van der Waals surface area contributed by atoms with Gasteiger partial charge in [-0.1, -0.05) is 26.0 Å². The van der Waals surface area contributed by atoms with Crippen LogP contribution in [0.15, 0.2) is 34.6 Å². The zero-order chi connectivity index (χ0) is 14.8. The molecule has 2 N–H and O–H groups in total. The number of nitrogens with two attached hydrogens (primary N) is 1. The molecule has 0 amide bonds. The number of thiophene rings is 1. The molecule has 110 valence electrons.